The predicted octanol–water partition coefficient (Wildman–Crippen LogP) is 2.70. The molecule has 0 aromatic heterocycles. The van der Waals surface area contributed by atoms with Crippen LogP contribution in [0.25, 0.3) is 0 Å². The summed E-state index contributed by atoms with van der Waals surface area (Å²) >= 11 is 0. The van der Waals surface area contributed by atoms with Crippen LogP contribution in [-0.2, 0) is 23.7 Å². The first kappa shape index (κ1) is 17.2. The van der Waals surface area contributed by atoms with Crippen molar-refractivity contribution in [1.82, 2.24) is 0 Å². The van der Waals surface area contributed by atoms with Crippen LogP contribution in [0, 0.1) is 5.41 Å². The lowest BCUT2D eigenvalue weighted by Crippen LogP contribution is -2.46. The van der Waals surface area contributed by atoms with Crippen LogP contribution in [0.3, 0.4) is 0 Å². The molecule has 5 atom stereocenters. The summed E-state index contributed by atoms with van der Waals surface area (Å²) in [7, 11) is 0. The molecule has 5 nitrogen and oxygen atoms in total. The third-order valence-corrected chi connectivity index (χ3v) is 5.59. The number of rotatable bonds is 10. The molecule has 4 rings (SSSR count). The van der Waals surface area contributed by atoms with Gasteiger partial charge in [-0.15, -0.1) is 0 Å². The summed E-state index contributed by atoms with van der Waals surface area (Å²) in [4.78, 5) is 0. The van der Waals surface area contributed by atoms with Crippen molar-refractivity contribution in [3.8, 4) is 0 Å². The SMILES string of the molecule is CCC(CC(C)(C)C)(OCC1CO1)C1OC1(CC1CO1)CC1CO1. The van der Waals surface area contributed by atoms with Crippen molar-refractivity contribution >= 4 is 0 Å². The Kier molecular flexibility index (Phi) is 4.25. The Morgan fingerprint density at radius 2 is 1.50 bits per heavy atom. The molecule has 24 heavy (non-hydrogen) atoms. The Labute approximate surface area is 145 Å². The van der Waals surface area contributed by atoms with Gasteiger partial charge in [-0.3, -0.25) is 0 Å². The van der Waals surface area contributed by atoms with Gasteiger partial charge in [0.05, 0.1) is 44.2 Å². The smallest absolute Gasteiger partial charge is 0.116 e. The van der Waals surface area contributed by atoms with E-state index < -0.39 is 0 Å². The van der Waals surface area contributed by atoms with Crippen LogP contribution in [0.15, 0.2) is 0 Å². The molecule has 0 spiro atoms. The Balaban J connectivity index is 1.51. The van der Waals surface area contributed by atoms with Crippen molar-refractivity contribution in [2.75, 3.05) is 26.4 Å². The van der Waals surface area contributed by atoms with E-state index in [1.807, 2.05) is 0 Å². The lowest BCUT2D eigenvalue weighted by atomic mass is 9.74. The highest BCUT2D eigenvalue weighted by Gasteiger charge is 2.68. The van der Waals surface area contributed by atoms with Crippen LogP contribution in [0.1, 0.15) is 53.4 Å². The fourth-order valence-electron chi connectivity index (χ4n) is 4.28. The zero-order chi connectivity index (χ0) is 17.0. The van der Waals surface area contributed by atoms with E-state index in [0.717, 1.165) is 45.5 Å². The van der Waals surface area contributed by atoms with Crippen LogP contribution in [-0.4, -0.2) is 62.0 Å². The molecule has 5 heteroatoms. The largest absolute Gasteiger partial charge is 0.373 e. The van der Waals surface area contributed by atoms with Crippen molar-refractivity contribution in [3.05, 3.63) is 0 Å². The monoisotopic (exact) mass is 340 g/mol. The van der Waals surface area contributed by atoms with Gasteiger partial charge in [-0.05, 0) is 18.3 Å². The topological polar surface area (TPSA) is 59.4 Å². The molecule has 0 saturated carbocycles. The minimum atomic E-state index is -0.242. The van der Waals surface area contributed by atoms with Gasteiger partial charge in [-0.1, -0.05) is 27.7 Å². The van der Waals surface area contributed by atoms with Gasteiger partial charge >= 0.3 is 0 Å². The Morgan fingerprint density at radius 3 is 1.92 bits per heavy atom. The molecule has 4 aliphatic heterocycles. The van der Waals surface area contributed by atoms with Gasteiger partial charge in [-0.2, -0.15) is 0 Å². The van der Waals surface area contributed by atoms with Crippen molar-refractivity contribution in [2.24, 2.45) is 5.41 Å². The van der Waals surface area contributed by atoms with Gasteiger partial charge in [-0.25, -0.2) is 0 Å². The van der Waals surface area contributed by atoms with E-state index in [4.69, 9.17) is 23.7 Å². The highest BCUT2D eigenvalue weighted by Crippen LogP contribution is 2.56. The number of hydrogen-bond acceptors (Lipinski definition) is 5. The maximum Gasteiger partial charge on any atom is 0.116 e. The van der Waals surface area contributed by atoms with Crippen LogP contribution in [0.2, 0.25) is 0 Å². The van der Waals surface area contributed by atoms with Gasteiger partial charge in [0.1, 0.15) is 17.8 Å². The molecule has 4 saturated heterocycles. The van der Waals surface area contributed by atoms with E-state index in [-0.39, 0.29) is 28.8 Å². The minimum Gasteiger partial charge on any atom is -0.373 e. The van der Waals surface area contributed by atoms with Crippen molar-refractivity contribution < 1.29 is 23.7 Å². The first-order chi connectivity index (χ1) is 11.3. The average Bonchev–Trinajstić information content (AvgIpc) is 3.31. The Hall–Kier alpha value is -0.200. The fraction of sp³-hybridized carbons (Fsp3) is 1.00. The molecule has 0 aromatic rings. The Morgan fingerprint density at radius 1 is 0.958 bits per heavy atom. The van der Waals surface area contributed by atoms with Crippen LogP contribution in [0.4, 0.5) is 0 Å². The van der Waals surface area contributed by atoms with Crippen molar-refractivity contribution in [2.45, 2.75) is 89.0 Å². The van der Waals surface area contributed by atoms with E-state index in [1.54, 1.807) is 0 Å². The zero-order valence-electron chi connectivity index (χ0n) is 15.5. The first-order valence-electron chi connectivity index (χ1n) is 9.51. The molecule has 138 valence electrons. The molecule has 5 unspecified atom stereocenters. The van der Waals surface area contributed by atoms with E-state index >= 15 is 0 Å². The van der Waals surface area contributed by atoms with Gasteiger partial charge < -0.3 is 23.7 Å². The summed E-state index contributed by atoms with van der Waals surface area (Å²) in [5.74, 6) is 0. The van der Waals surface area contributed by atoms with Crippen molar-refractivity contribution in [3.63, 3.8) is 0 Å². The Bertz CT molecular complexity index is 447. The summed E-state index contributed by atoms with van der Waals surface area (Å²) in [5.41, 5.74) is -0.174. The normalized spacial score (nSPS) is 42.5. The number of hydrogen-bond donors (Lipinski definition) is 0. The third kappa shape index (κ3) is 3.96. The lowest BCUT2D eigenvalue weighted by molar-refractivity contribution is -0.0940. The molecule has 0 N–H and O–H groups in total. The quantitative estimate of drug-likeness (QED) is 0.572. The van der Waals surface area contributed by atoms with Gasteiger partial charge in [0.15, 0.2) is 0 Å². The van der Waals surface area contributed by atoms with Crippen LogP contribution >= 0.6 is 0 Å². The third-order valence-electron chi connectivity index (χ3n) is 5.59. The number of ether oxygens (including phenoxy) is 5. The van der Waals surface area contributed by atoms with Crippen molar-refractivity contribution in [1.29, 1.82) is 0 Å². The zero-order valence-corrected chi connectivity index (χ0v) is 15.5. The highest BCUT2D eigenvalue weighted by atomic mass is 16.7. The maximum atomic E-state index is 6.53. The summed E-state index contributed by atoms with van der Waals surface area (Å²) in [6, 6.07) is 0. The highest BCUT2D eigenvalue weighted by molar-refractivity contribution is 5.16. The number of epoxide rings is 4. The molecule has 4 aliphatic rings. The second kappa shape index (κ2) is 5.92. The van der Waals surface area contributed by atoms with Crippen LogP contribution < -0.4 is 0 Å². The molecule has 0 bridgehead atoms. The fourth-order valence-corrected chi connectivity index (χ4v) is 4.28. The van der Waals surface area contributed by atoms with Gasteiger partial charge in [0, 0.05) is 12.8 Å². The molecular weight excluding hydrogens is 308 g/mol. The van der Waals surface area contributed by atoms with Crippen LogP contribution in [0.5, 0.6) is 0 Å². The maximum absolute atomic E-state index is 6.53. The van der Waals surface area contributed by atoms with E-state index in [9.17, 15) is 0 Å². The molecule has 0 aliphatic carbocycles. The lowest BCUT2D eigenvalue weighted by Gasteiger charge is -2.38. The summed E-state index contributed by atoms with van der Waals surface area (Å²) in [6.07, 6.45) is 5.06. The second-order valence-electron chi connectivity index (χ2n) is 9.30. The summed E-state index contributed by atoms with van der Waals surface area (Å²) < 4.78 is 29.4. The summed E-state index contributed by atoms with van der Waals surface area (Å²) in [5, 5.41) is 0. The molecule has 0 radical (unpaired) electrons. The first-order valence-corrected chi connectivity index (χ1v) is 9.51. The van der Waals surface area contributed by atoms with E-state index in [1.165, 1.54) is 0 Å². The van der Waals surface area contributed by atoms with Gasteiger partial charge in [0.2, 0.25) is 0 Å². The predicted molar refractivity (Wildman–Crippen MR) is 89.1 cm³/mol. The average molecular weight is 340 g/mol. The summed E-state index contributed by atoms with van der Waals surface area (Å²) in [6.45, 7) is 12.3. The standard InChI is InChI=1S/C19H32O5/c1-5-18(12-17(2,3)4,23-11-15-10-22-15)16-19(24-16,6-13-8-20-13)7-14-9-21-14/h13-16H,5-12H2,1-4H3. The minimum absolute atomic E-state index is 0.117. The molecule has 4 heterocycles. The van der Waals surface area contributed by atoms with E-state index in [0.29, 0.717) is 18.8 Å². The molecular formula is C19H32O5. The molecule has 0 amide bonds. The molecule has 0 aromatic carbocycles. The second-order valence-corrected chi connectivity index (χ2v) is 9.30. The van der Waals surface area contributed by atoms with Gasteiger partial charge in [0.25, 0.3) is 0 Å². The van der Waals surface area contributed by atoms with E-state index in [2.05, 4.69) is 27.7 Å². The molecule has 4 fully saturated rings.